The van der Waals surface area contributed by atoms with E-state index in [0.717, 1.165) is 18.5 Å². The van der Waals surface area contributed by atoms with Crippen LogP contribution in [0.4, 0.5) is 5.69 Å². The fourth-order valence-corrected chi connectivity index (χ4v) is 0.474. The molecule has 48 valence electrons. The van der Waals surface area contributed by atoms with E-state index in [1.165, 1.54) is 0 Å². The van der Waals surface area contributed by atoms with Gasteiger partial charge in [0.25, 0.3) is 5.69 Å². The first-order valence-electron chi connectivity index (χ1n) is 2.20. The minimum atomic E-state index is -0.617. The standard InChI is InChI=1S/C4H3N2O3/c7-5-2-1-4(3-5)6(8)9/h1-3H/q-1. The number of nitro groups is 1. The molecule has 1 rings (SSSR count). The van der Waals surface area contributed by atoms with Gasteiger partial charge in [-0.25, -0.2) is 0 Å². The van der Waals surface area contributed by atoms with Gasteiger partial charge >= 0.3 is 0 Å². The average Bonchev–Trinajstić information content (AvgIpc) is 2.14. The Balaban J connectivity index is 2.98. The molecular weight excluding hydrogens is 124 g/mol. The highest BCUT2D eigenvalue weighted by molar-refractivity contribution is 5.25. The zero-order chi connectivity index (χ0) is 6.85. The second-order valence-electron chi connectivity index (χ2n) is 1.49. The highest BCUT2D eigenvalue weighted by Crippen LogP contribution is 2.08. The van der Waals surface area contributed by atoms with Crippen LogP contribution in [0.2, 0.25) is 0 Å². The Morgan fingerprint density at radius 3 is 2.56 bits per heavy atom. The van der Waals surface area contributed by atoms with Crippen molar-refractivity contribution in [3.8, 4) is 0 Å². The molecule has 9 heavy (non-hydrogen) atoms. The Hall–Kier alpha value is -1.52. The molecule has 1 aromatic heterocycles. The SMILES string of the molecule is O=[N+]([O-])c1ccn([O-])c1. The van der Waals surface area contributed by atoms with Crippen molar-refractivity contribution in [3.63, 3.8) is 0 Å². The third-order valence-electron chi connectivity index (χ3n) is 0.863. The summed E-state index contributed by atoms with van der Waals surface area (Å²) in [5.74, 6) is 0. The number of aromatic nitrogens is 1. The van der Waals surface area contributed by atoms with E-state index in [-0.39, 0.29) is 5.69 Å². The number of rotatable bonds is 1. The third kappa shape index (κ3) is 0.987. The van der Waals surface area contributed by atoms with Gasteiger partial charge in [-0.15, -0.1) is 0 Å². The number of nitrogens with zero attached hydrogens (tertiary/aromatic N) is 2. The van der Waals surface area contributed by atoms with Crippen LogP contribution in [0, 0.1) is 15.3 Å². The van der Waals surface area contributed by atoms with E-state index in [1.54, 1.807) is 0 Å². The quantitative estimate of drug-likeness (QED) is 0.412. The summed E-state index contributed by atoms with van der Waals surface area (Å²) >= 11 is 0. The smallest absolute Gasteiger partial charge is 0.286 e. The zero-order valence-corrected chi connectivity index (χ0v) is 4.35. The van der Waals surface area contributed by atoms with Crippen LogP contribution in [0.25, 0.3) is 0 Å². The molecule has 0 aromatic carbocycles. The normalized spacial score (nSPS) is 9.33. The predicted octanol–water partition coefficient (Wildman–Crippen LogP) is 0.742. The molecule has 0 radical (unpaired) electrons. The summed E-state index contributed by atoms with van der Waals surface area (Å²) in [6.07, 6.45) is 1.98. The molecule has 5 heteroatoms. The molecule has 0 aliphatic rings. The van der Waals surface area contributed by atoms with Gasteiger partial charge < -0.3 is 9.94 Å². The van der Waals surface area contributed by atoms with Crippen molar-refractivity contribution in [1.82, 2.24) is 4.73 Å². The summed E-state index contributed by atoms with van der Waals surface area (Å²) in [7, 11) is 0. The molecule has 0 aliphatic heterocycles. The minimum absolute atomic E-state index is 0.176. The summed E-state index contributed by atoms with van der Waals surface area (Å²) in [6, 6.07) is 1.15. The van der Waals surface area contributed by atoms with Crippen molar-refractivity contribution in [2.75, 3.05) is 0 Å². The van der Waals surface area contributed by atoms with Crippen LogP contribution in [-0.2, 0) is 0 Å². The Labute approximate surface area is 50.3 Å². The molecule has 0 unspecified atom stereocenters. The summed E-state index contributed by atoms with van der Waals surface area (Å²) in [5, 5.41) is 20.1. The largest absolute Gasteiger partial charge is 0.806 e. The van der Waals surface area contributed by atoms with Crippen LogP contribution in [0.1, 0.15) is 0 Å². The first-order valence-corrected chi connectivity index (χ1v) is 2.20. The molecule has 0 saturated carbocycles. The van der Waals surface area contributed by atoms with Crippen molar-refractivity contribution >= 4 is 5.69 Å². The van der Waals surface area contributed by atoms with E-state index in [1.807, 2.05) is 0 Å². The van der Waals surface area contributed by atoms with Gasteiger partial charge in [-0.2, -0.15) is 0 Å². The lowest BCUT2D eigenvalue weighted by Crippen LogP contribution is -1.83. The summed E-state index contributed by atoms with van der Waals surface area (Å²) in [6.45, 7) is 0. The van der Waals surface area contributed by atoms with Crippen molar-refractivity contribution in [3.05, 3.63) is 33.8 Å². The zero-order valence-electron chi connectivity index (χ0n) is 4.35. The molecule has 1 aromatic rings. The second kappa shape index (κ2) is 1.77. The average molecular weight is 127 g/mol. The molecule has 0 amide bonds. The van der Waals surface area contributed by atoms with Crippen LogP contribution in [0.3, 0.4) is 0 Å². The van der Waals surface area contributed by atoms with Gasteiger partial charge in [0.05, 0.1) is 11.1 Å². The van der Waals surface area contributed by atoms with E-state index in [4.69, 9.17) is 0 Å². The van der Waals surface area contributed by atoms with E-state index < -0.39 is 4.92 Å². The monoisotopic (exact) mass is 127 g/mol. The van der Waals surface area contributed by atoms with E-state index in [2.05, 4.69) is 0 Å². The highest BCUT2D eigenvalue weighted by Gasteiger charge is 2.02. The highest BCUT2D eigenvalue weighted by atomic mass is 16.6. The van der Waals surface area contributed by atoms with Crippen LogP contribution in [0.15, 0.2) is 18.5 Å². The fraction of sp³-hybridized carbons (Fsp3) is 0. The first kappa shape index (κ1) is 5.61. The summed E-state index contributed by atoms with van der Waals surface area (Å²) in [5.41, 5.74) is -0.176. The summed E-state index contributed by atoms with van der Waals surface area (Å²) in [4.78, 5) is 9.25. The molecule has 5 nitrogen and oxygen atoms in total. The van der Waals surface area contributed by atoms with Gasteiger partial charge in [0.2, 0.25) is 0 Å². The fourth-order valence-electron chi connectivity index (χ4n) is 0.474. The Morgan fingerprint density at radius 1 is 1.67 bits per heavy atom. The minimum Gasteiger partial charge on any atom is -0.806 e. The molecule has 0 atom stereocenters. The molecular formula is C4H3N2O3-. The molecule has 0 bridgehead atoms. The lowest BCUT2D eigenvalue weighted by Gasteiger charge is -1.99. The predicted molar refractivity (Wildman–Crippen MR) is 29.9 cm³/mol. The van der Waals surface area contributed by atoms with Gasteiger partial charge in [-0.05, 0) is 0 Å². The first-order chi connectivity index (χ1) is 4.20. The Kier molecular flexibility index (Phi) is 1.11. The molecule has 0 N–H and O–H groups in total. The molecule has 0 spiro atoms. The van der Waals surface area contributed by atoms with Gasteiger partial charge in [-0.3, -0.25) is 10.1 Å². The van der Waals surface area contributed by atoms with Crippen molar-refractivity contribution < 1.29 is 4.92 Å². The second-order valence-corrected chi connectivity index (χ2v) is 1.49. The Bertz CT molecular complexity index is 229. The van der Waals surface area contributed by atoms with Gasteiger partial charge in [0, 0.05) is 12.3 Å². The Morgan fingerprint density at radius 2 is 2.33 bits per heavy atom. The van der Waals surface area contributed by atoms with Crippen LogP contribution in [-0.4, -0.2) is 9.65 Å². The maximum absolute atomic E-state index is 10.2. The molecule has 0 saturated heterocycles. The molecule has 0 aliphatic carbocycles. The molecule has 0 fully saturated rings. The van der Waals surface area contributed by atoms with Crippen molar-refractivity contribution in [2.45, 2.75) is 0 Å². The lowest BCUT2D eigenvalue weighted by molar-refractivity contribution is -0.384. The lowest BCUT2D eigenvalue weighted by atomic mass is 10.6. The maximum atomic E-state index is 10.2. The number of hydrogen-bond acceptors (Lipinski definition) is 3. The van der Waals surface area contributed by atoms with Crippen LogP contribution in [0.5, 0.6) is 0 Å². The van der Waals surface area contributed by atoms with Gasteiger partial charge in [0.1, 0.15) is 0 Å². The van der Waals surface area contributed by atoms with E-state index in [0.29, 0.717) is 4.73 Å². The topological polar surface area (TPSA) is 71.1 Å². The van der Waals surface area contributed by atoms with Crippen molar-refractivity contribution in [2.24, 2.45) is 0 Å². The van der Waals surface area contributed by atoms with E-state index in [9.17, 15) is 15.3 Å². The van der Waals surface area contributed by atoms with E-state index >= 15 is 0 Å². The summed E-state index contributed by atoms with van der Waals surface area (Å²) < 4.78 is 0.387. The van der Waals surface area contributed by atoms with Crippen LogP contribution < -0.4 is 0 Å². The maximum Gasteiger partial charge on any atom is 0.286 e. The molecule has 1 heterocycles. The van der Waals surface area contributed by atoms with Crippen LogP contribution >= 0.6 is 0 Å². The van der Waals surface area contributed by atoms with Gasteiger partial charge in [-0.1, -0.05) is 0 Å². The van der Waals surface area contributed by atoms with Crippen molar-refractivity contribution in [1.29, 1.82) is 0 Å². The third-order valence-corrected chi connectivity index (χ3v) is 0.863. The van der Waals surface area contributed by atoms with Gasteiger partial charge in [0.15, 0.2) is 0 Å². The number of hydrogen-bond donors (Lipinski definition) is 0.